The second-order valence-electron chi connectivity index (χ2n) is 5.09. The second kappa shape index (κ2) is 7.66. The maximum Gasteiger partial charge on any atom is 0.508 e. The fourth-order valence-electron chi connectivity index (χ4n) is 2.46. The molecule has 0 amide bonds. The number of aliphatic hydroxyl groups excluding tert-OH is 1. The average molecular weight is 303 g/mol. The van der Waals surface area contributed by atoms with E-state index in [9.17, 15) is 9.90 Å². The standard InChI is InChI=1S/C17H21NO4/c1-12(11-22-17(20)21-2)7-8-16-14(9-10-19)13-5-3-4-6-15(13)18-16/h3-6,18-19H,1,7-11H2,2H3. The van der Waals surface area contributed by atoms with E-state index in [0.29, 0.717) is 12.8 Å². The molecule has 2 rings (SSSR count). The first-order valence-electron chi connectivity index (χ1n) is 7.22. The maximum atomic E-state index is 10.9. The van der Waals surface area contributed by atoms with E-state index < -0.39 is 6.16 Å². The first kappa shape index (κ1) is 16.1. The van der Waals surface area contributed by atoms with E-state index in [1.165, 1.54) is 7.11 Å². The number of carbonyl (C=O) groups excluding carboxylic acids is 1. The predicted molar refractivity (Wildman–Crippen MR) is 84.9 cm³/mol. The van der Waals surface area contributed by atoms with Crippen molar-refractivity contribution < 1.29 is 19.4 Å². The van der Waals surface area contributed by atoms with Gasteiger partial charge in [0.15, 0.2) is 0 Å². The molecule has 0 spiro atoms. The van der Waals surface area contributed by atoms with Crippen molar-refractivity contribution in [2.45, 2.75) is 19.3 Å². The number of aromatic amines is 1. The number of benzene rings is 1. The molecule has 0 aliphatic carbocycles. The number of ether oxygens (including phenoxy) is 2. The average Bonchev–Trinajstić information content (AvgIpc) is 2.89. The summed E-state index contributed by atoms with van der Waals surface area (Å²) in [4.78, 5) is 14.3. The van der Waals surface area contributed by atoms with Gasteiger partial charge >= 0.3 is 6.16 Å². The van der Waals surface area contributed by atoms with Gasteiger partial charge in [-0.05, 0) is 36.5 Å². The number of methoxy groups -OCH3 is 1. The second-order valence-corrected chi connectivity index (χ2v) is 5.09. The highest BCUT2D eigenvalue weighted by Crippen LogP contribution is 2.24. The third-order valence-electron chi connectivity index (χ3n) is 3.55. The zero-order valence-corrected chi connectivity index (χ0v) is 12.7. The number of H-pyrrole nitrogens is 1. The van der Waals surface area contributed by atoms with Gasteiger partial charge < -0.3 is 19.6 Å². The maximum absolute atomic E-state index is 10.9. The molecule has 1 aromatic carbocycles. The molecule has 0 aliphatic rings. The number of aliphatic hydroxyl groups is 1. The molecular formula is C17H21NO4. The first-order chi connectivity index (χ1) is 10.7. The Labute approximate surface area is 129 Å². The molecular weight excluding hydrogens is 282 g/mol. The van der Waals surface area contributed by atoms with Crippen LogP contribution in [-0.2, 0) is 22.3 Å². The molecule has 1 heterocycles. The van der Waals surface area contributed by atoms with E-state index >= 15 is 0 Å². The van der Waals surface area contributed by atoms with Crippen LogP contribution in [0.5, 0.6) is 0 Å². The number of aromatic nitrogens is 1. The summed E-state index contributed by atoms with van der Waals surface area (Å²) >= 11 is 0. The van der Waals surface area contributed by atoms with Crippen LogP contribution >= 0.6 is 0 Å². The summed E-state index contributed by atoms with van der Waals surface area (Å²) in [6, 6.07) is 8.04. The third kappa shape index (κ3) is 3.89. The van der Waals surface area contributed by atoms with Crippen LogP contribution in [0.4, 0.5) is 4.79 Å². The molecule has 0 aliphatic heterocycles. The van der Waals surface area contributed by atoms with Crippen LogP contribution in [0.3, 0.4) is 0 Å². The molecule has 2 aromatic rings. The lowest BCUT2D eigenvalue weighted by Crippen LogP contribution is -2.07. The summed E-state index contributed by atoms with van der Waals surface area (Å²) in [5.74, 6) is 0. The number of para-hydroxylation sites is 1. The van der Waals surface area contributed by atoms with Gasteiger partial charge in [-0.15, -0.1) is 0 Å². The van der Waals surface area contributed by atoms with Gasteiger partial charge in [0.1, 0.15) is 6.61 Å². The topological polar surface area (TPSA) is 71.5 Å². The van der Waals surface area contributed by atoms with Crippen LogP contribution in [0, 0.1) is 0 Å². The summed E-state index contributed by atoms with van der Waals surface area (Å²) in [6.07, 6.45) is 1.37. The Morgan fingerprint density at radius 1 is 1.32 bits per heavy atom. The van der Waals surface area contributed by atoms with Crippen molar-refractivity contribution in [1.29, 1.82) is 0 Å². The largest absolute Gasteiger partial charge is 0.508 e. The molecule has 0 radical (unpaired) electrons. The van der Waals surface area contributed by atoms with Crippen LogP contribution in [0.15, 0.2) is 36.4 Å². The van der Waals surface area contributed by atoms with Crippen molar-refractivity contribution in [3.8, 4) is 0 Å². The van der Waals surface area contributed by atoms with Crippen LogP contribution < -0.4 is 0 Å². The minimum Gasteiger partial charge on any atom is -0.438 e. The lowest BCUT2D eigenvalue weighted by molar-refractivity contribution is 0.0794. The fourth-order valence-corrected chi connectivity index (χ4v) is 2.46. The van der Waals surface area contributed by atoms with Gasteiger partial charge in [0.25, 0.3) is 0 Å². The predicted octanol–water partition coefficient (Wildman–Crippen LogP) is 2.97. The van der Waals surface area contributed by atoms with E-state index in [4.69, 9.17) is 4.74 Å². The minimum atomic E-state index is -0.701. The summed E-state index contributed by atoms with van der Waals surface area (Å²) in [5.41, 5.74) is 4.12. The molecule has 5 heteroatoms. The Bertz CT molecular complexity index is 660. The van der Waals surface area contributed by atoms with Gasteiger partial charge in [0.2, 0.25) is 0 Å². The van der Waals surface area contributed by atoms with Gasteiger partial charge in [0, 0.05) is 23.2 Å². The number of nitrogens with one attached hydrogen (secondary N) is 1. The molecule has 0 bridgehead atoms. The highest BCUT2D eigenvalue weighted by atomic mass is 16.7. The van der Waals surface area contributed by atoms with Crippen LogP contribution in [0.25, 0.3) is 10.9 Å². The Balaban J connectivity index is 2.03. The van der Waals surface area contributed by atoms with Crippen LogP contribution in [-0.4, -0.2) is 36.6 Å². The van der Waals surface area contributed by atoms with E-state index in [0.717, 1.165) is 34.2 Å². The van der Waals surface area contributed by atoms with E-state index in [-0.39, 0.29) is 13.2 Å². The van der Waals surface area contributed by atoms with Gasteiger partial charge in [-0.3, -0.25) is 0 Å². The molecule has 0 atom stereocenters. The number of hydrogen-bond donors (Lipinski definition) is 2. The van der Waals surface area contributed by atoms with E-state index in [1.54, 1.807) is 0 Å². The van der Waals surface area contributed by atoms with Crippen molar-refractivity contribution in [2.75, 3.05) is 20.3 Å². The van der Waals surface area contributed by atoms with Crippen molar-refractivity contribution >= 4 is 17.1 Å². The van der Waals surface area contributed by atoms with Crippen LogP contribution in [0.2, 0.25) is 0 Å². The quantitative estimate of drug-likeness (QED) is 0.609. The third-order valence-corrected chi connectivity index (χ3v) is 3.55. The number of hydrogen-bond acceptors (Lipinski definition) is 4. The molecule has 22 heavy (non-hydrogen) atoms. The van der Waals surface area contributed by atoms with Gasteiger partial charge in [-0.25, -0.2) is 4.79 Å². The summed E-state index contributed by atoms with van der Waals surface area (Å²) in [5, 5.41) is 10.4. The number of aryl methyl sites for hydroxylation is 1. The van der Waals surface area contributed by atoms with Crippen molar-refractivity contribution in [3.63, 3.8) is 0 Å². The Hall–Kier alpha value is -2.27. The summed E-state index contributed by atoms with van der Waals surface area (Å²) in [7, 11) is 1.27. The molecule has 5 nitrogen and oxygen atoms in total. The smallest absolute Gasteiger partial charge is 0.438 e. The molecule has 0 saturated heterocycles. The number of rotatable bonds is 7. The monoisotopic (exact) mass is 303 g/mol. The SMILES string of the molecule is C=C(CCc1[nH]c2ccccc2c1CCO)COC(=O)OC. The normalized spacial score (nSPS) is 10.6. The highest BCUT2D eigenvalue weighted by Gasteiger charge is 2.11. The number of carbonyl (C=O) groups is 1. The minimum absolute atomic E-state index is 0.112. The molecule has 2 N–H and O–H groups in total. The van der Waals surface area contributed by atoms with Crippen molar-refractivity contribution in [2.24, 2.45) is 0 Å². The van der Waals surface area contributed by atoms with Crippen molar-refractivity contribution in [1.82, 2.24) is 4.98 Å². The Morgan fingerprint density at radius 3 is 2.82 bits per heavy atom. The van der Waals surface area contributed by atoms with Crippen LogP contribution in [0.1, 0.15) is 17.7 Å². The molecule has 1 aromatic heterocycles. The summed E-state index contributed by atoms with van der Waals surface area (Å²) in [6.45, 7) is 4.18. The zero-order valence-electron chi connectivity index (χ0n) is 12.7. The lowest BCUT2D eigenvalue weighted by Gasteiger charge is -2.07. The van der Waals surface area contributed by atoms with Gasteiger partial charge in [-0.2, -0.15) is 0 Å². The number of fused-ring (bicyclic) bond motifs is 1. The summed E-state index contributed by atoms with van der Waals surface area (Å²) < 4.78 is 9.29. The van der Waals surface area contributed by atoms with Crippen molar-refractivity contribution in [3.05, 3.63) is 47.7 Å². The first-order valence-corrected chi connectivity index (χ1v) is 7.22. The molecule has 0 saturated carbocycles. The van der Waals surface area contributed by atoms with E-state index in [1.807, 2.05) is 18.2 Å². The molecule has 0 fully saturated rings. The fraction of sp³-hybridized carbons (Fsp3) is 0.353. The van der Waals surface area contributed by atoms with Gasteiger partial charge in [-0.1, -0.05) is 24.8 Å². The molecule has 118 valence electrons. The highest BCUT2D eigenvalue weighted by molar-refractivity contribution is 5.84. The lowest BCUT2D eigenvalue weighted by atomic mass is 10.0. The zero-order chi connectivity index (χ0) is 15.9. The Morgan fingerprint density at radius 2 is 2.09 bits per heavy atom. The molecule has 0 unspecified atom stereocenters. The van der Waals surface area contributed by atoms with Gasteiger partial charge in [0.05, 0.1) is 7.11 Å². The van der Waals surface area contributed by atoms with E-state index in [2.05, 4.69) is 22.4 Å². The Kier molecular flexibility index (Phi) is 5.61.